The van der Waals surface area contributed by atoms with Crippen molar-refractivity contribution in [2.45, 2.75) is 13.0 Å². The van der Waals surface area contributed by atoms with E-state index in [2.05, 4.69) is 5.16 Å². The van der Waals surface area contributed by atoms with Crippen molar-refractivity contribution in [3.8, 4) is 0 Å². The van der Waals surface area contributed by atoms with Crippen LogP contribution in [0.2, 0.25) is 0 Å². The third-order valence-electron chi connectivity index (χ3n) is 2.54. The third-order valence-corrected chi connectivity index (χ3v) is 2.54. The first kappa shape index (κ1) is 13.2. The molecular weight excluding hydrogens is 253 g/mol. The number of rotatable bonds is 4. The van der Waals surface area contributed by atoms with E-state index in [0.29, 0.717) is 5.56 Å². The Morgan fingerprint density at radius 3 is 2.79 bits per heavy atom. The molecule has 0 spiro atoms. The van der Waals surface area contributed by atoms with Gasteiger partial charge < -0.3 is 14.4 Å². The summed E-state index contributed by atoms with van der Waals surface area (Å²) in [5.41, 5.74) is 0.504. The largest absolute Gasteiger partial charge is 0.462 e. The summed E-state index contributed by atoms with van der Waals surface area (Å²) in [7, 11) is 0. The van der Waals surface area contributed by atoms with Crippen molar-refractivity contribution in [3.05, 3.63) is 53.2 Å². The zero-order chi connectivity index (χ0) is 13.8. The Bertz CT molecular complexity index is 564. The SMILES string of the molecule is CCOC(=O)c1conc1[C@@H](O)c1ccc(F)cc1. The van der Waals surface area contributed by atoms with Crippen LogP contribution in [-0.2, 0) is 4.74 Å². The molecule has 0 aliphatic rings. The average molecular weight is 265 g/mol. The second kappa shape index (κ2) is 5.62. The molecule has 5 nitrogen and oxygen atoms in total. The van der Waals surface area contributed by atoms with Gasteiger partial charge in [0.25, 0.3) is 0 Å². The molecule has 2 rings (SSSR count). The highest BCUT2D eigenvalue weighted by Crippen LogP contribution is 2.24. The number of benzene rings is 1. The van der Waals surface area contributed by atoms with Gasteiger partial charge in [-0.25, -0.2) is 9.18 Å². The van der Waals surface area contributed by atoms with Gasteiger partial charge in [-0.05, 0) is 24.6 Å². The van der Waals surface area contributed by atoms with Gasteiger partial charge in [0.05, 0.1) is 6.61 Å². The summed E-state index contributed by atoms with van der Waals surface area (Å²) in [5.74, 6) is -1.04. The minimum absolute atomic E-state index is 0.0464. The molecule has 0 amide bonds. The quantitative estimate of drug-likeness (QED) is 0.857. The molecule has 0 fully saturated rings. The molecule has 100 valence electrons. The smallest absolute Gasteiger partial charge is 0.343 e. The Morgan fingerprint density at radius 1 is 1.47 bits per heavy atom. The molecule has 1 N–H and O–H groups in total. The molecule has 2 aromatic rings. The van der Waals surface area contributed by atoms with Crippen molar-refractivity contribution in [2.24, 2.45) is 0 Å². The van der Waals surface area contributed by atoms with E-state index in [-0.39, 0.29) is 17.9 Å². The van der Waals surface area contributed by atoms with Gasteiger partial charge in [-0.15, -0.1) is 0 Å². The summed E-state index contributed by atoms with van der Waals surface area (Å²) in [5, 5.41) is 13.7. The number of hydrogen-bond acceptors (Lipinski definition) is 5. The molecule has 0 unspecified atom stereocenters. The molecule has 19 heavy (non-hydrogen) atoms. The van der Waals surface area contributed by atoms with Crippen LogP contribution in [0.5, 0.6) is 0 Å². The van der Waals surface area contributed by atoms with E-state index >= 15 is 0 Å². The predicted molar refractivity (Wildman–Crippen MR) is 62.9 cm³/mol. The molecule has 1 aromatic carbocycles. The van der Waals surface area contributed by atoms with Crippen LogP contribution in [0, 0.1) is 5.82 Å². The number of hydrogen-bond donors (Lipinski definition) is 1. The lowest BCUT2D eigenvalue weighted by atomic mass is 10.0. The first-order chi connectivity index (χ1) is 9.13. The number of carbonyl (C=O) groups is 1. The molecule has 0 aliphatic carbocycles. The van der Waals surface area contributed by atoms with Gasteiger partial charge >= 0.3 is 5.97 Å². The fourth-order valence-electron chi connectivity index (χ4n) is 1.61. The Labute approximate surface area is 108 Å². The molecule has 1 atom stereocenters. The van der Waals surface area contributed by atoms with Crippen LogP contribution in [0.3, 0.4) is 0 Å². The van der Waals surface area contributed by atoms with Gasteiger partial charge in [-0.3, -0.25) is 0 Å². The normalized spacial score (nSPS) is 12.2. The number of halogens is 1. The first-order valence-corrected chi connectivity index (χ1v) is 5.68. The highest BCUT2D eigenvalue weighted by Gasteiger charge is 2.24. The number of carbonyl (C=O) groups excluding carboxylic acids is 1. The van der Waals surface area contributed by atoms with E-state index in [4.69, 9.17) is 9.26 Å². The summed E-state index contributed by atoms with van der Waals surface area (Å²) in [4.78, 5) is 11.6. The summed E-state index contributed by atoms with van der Waals surface area (Å²) in [6.07, 6.45) is -0.0705. The minimum Gasteiger partial charge on any atom is -0.462 e. The van der Waals surface area contributed by atoms with E-state index < -0.39 is 17.9 Å². The Kier molecular flexibility index (Phi) is 3.91. The average Bonchev–Trinajstić information content (AvgIpc) is 2.88. The highest BCUT2D eigenvalue weighted by atomic mass is 19.1. The number of aliphatic hydroxyl groups excluding tert-OH is 1. The van der Waals surface area contributed by atoms with Crippen LogP contribution < -0.4 is 0 Å². The number of aliphatic hydroxyl groups is 1. The number of nitrogens with zero attached hydrogens (tertiary/aromatic N) is 1. The summed E-state index contributed by atoms with van der Waals surface area (Å²) < 4.78 is 22.3. The molecule has 1 heterocycles. The van der Waals surface area contributed by atoms with Crippen LogP contribution in [0.4, 0.5) is 4.39 Å². The monoisotopic (exact) mass is 265 g/mol. The van der Waals surface area contributed by atoms with E-state index in [0.717, 1.165) is 6.26 Å². The lowest BCUT2D eigenvalue weighted by molar-refractivity contribution is 0.0520. The third kappa shape index (κ3) is 2.79. The van der Waals surface area contributed by atoms with Crippen LogP contribution in [-0.4, -0.2) is 22.8 Å². The number of esters is 1. The molecule has 0 radical (unpaired) electrons. The van der Waals surface area contributed by atoms with Gasteiger partial charge in [0.1, 0.15) is 29.4 Å². The van der Waals surface area contributed by atoms with Crippen LogP contribution in [0.1, 0.15) is 34.6 Å². The Hall–Kier alpha value is -2.21. The zero-order valence-corrected chi connectivity index (χ0v) is 10.2. The predicted octanol–water partition coefficient (Wildman–Crippen LogP) is 2.07. The first-order valence-electron chi connectivity index (χ1n) is 5.68. The lowest BCUT2D eigenvalue weighted by Gasteiger charge is -2.09. The second-order valence-electron chi connectivity index (χ2n) is 3.79. The highest BCUT2D eigenvalue weighted by molar-refractivity contribution is 5.90. The summed E-state index contributed by atoms with van der Waals surface area (Å²) >= 11 is 0. The number of aromatic nitrogens is 1. The number of ether oxygens (including phenoxy) is 1. The summed E-state index contributed by atoms with van der Waals surface area (Å²) in [6, 6.07) is 5.23. The zero-order valence-electron chi connectivity index (χ0n) is 10.2. The van der Waals surface area contributed by atoms with Crippen LogP contribution in [0.15, 0.2) is 35.1 Å². The minimum atomic E-state index is -1.18. The topological polar surface area (TPSA) is 72.6 Å². The van der Waals surface area contributed by atoms with Crippen LogP contribution in [0.25, 0.3) is 0 Å². The van der Waals surface area contributed by atoms with Gasteiger partial charge in [0, 0.05) is 0 Å². The Balaban J connectivity index is 2.29. The van der Waals surface area contributed by atoms with E-state index in [9.17, 15) is 14.3 Å². The maximum atomic E-state index is 12.8. The standard InChI is InChI=1S/C13H12FNO4/c1-2-18-13(17)10-7-19-15-11(10)12(16)8-3-5-9(14)6-4-8/h3-7,12,16H,2H2,1H3/t12-/m0/s1. The van der Waals surface area contributed by atoms with Crippen molar-refractivity contribution in [2.75, 3.05) is 6.61 Å². The van der Waals surface area contributed by atoms with Gasteiger partial charge in [-0.2, -0.15) is 0 Å². The molecule has 0 saturated carbocycles. The van der Waals surface area contributed by atoms with Crippen LogP contribution >= 0.6 is 0 Å². The molecule has 0 saturated heterocycles. The van der Waals surface area contributed by atoms with E-state index in [1.54, 1.807) is 6.92 Å². The van der Waals surface area contributed by atoms with Crippen molar-refractivity contribution >= 4 is 5.97 Å². The van der Waals surface area contributed by atoms with Gasteiger partial charge in [0.15, 0.2) is 0 Å². The summed E-state index contributed by atoms with van der Waals surface area (Å²) in [6.45, 7) is 1.87. The molecule has 0 aliphatic heterocycles. The second-order valence-corrected chi connectivity index (χ2v) is 3.79. The Morgan fingerprint density at radius 2 is 2.16 bits per heavy atom. The molecule has 6 heteroatoms. The lowest BCUT2D eigenvalue weighted by Crippen LogP contribution is -2.10. The maximum Gasteiger partial charge on any atom is 0.343 e. The maximum absolute atomic E-state index is 12.8. The van der Waals surface area contributed by atoms with Crippen molar-refractivity contribution in [1.29, 1.82) is 0 Å². The fraction of sp³-hybridized carbons (Fsp3) is 0.231. The molecule has 0 bridgehead atoms. The van der Waals surface area contributed by atoms with Crippen molar-refractivity contribution in [3.63, 3.8) is 0 Å². The molecular formula is C13H12FNO4. The fourth-order valence-corrected chi connectivity index (χ4v) is 1.61. The van der Waals surface area contributed by atoms with Gasteiger partial charge in [-0.1, -0.05) is 17.3 Å². The molecule has 1 aromatic heterocycles. The van der Waals surface area contributed by atoms with Gasteiger partial charge in [0.2, 0.25) is 0 Å². The van der Waals surface area contributed by atoms with Crippen molar-refractivity contribution in [1.82, 2.24) is 5.16 Å². The van der Waals surface area contributed by atoms with E-state index in [1.807, 2.05) is 0 Å². The van der Waals surface area contributed by atoms with Crippen molar-refractivity contribution < 1.29 is 23.6 Å². The van der Waals surface area contributed by atoms with E-state index in [1.165, 1.54) is 24.3 Å².